The Bertz CT molecular complexity index is 1250. The number of aromatic nitrogens is 1. The summed E-state index contributed by atoms with van der Waals surface area (Å²) in [6.45, 7) is 1.46. The molecule has 1 aliphatic heterocycles. The quantitative estimate of drug-likeness (QED) is 0.346. The molecular formula is C24H23N3O4. The fourth-order valence-corrected chi connectivity index (χ4v) is 3.83. The monoisotopic (exact) mass is 417 g/mol. The van der Waals surface area contributed by atoms with Gasteiger partial charge < -0.3 is 30.2 Å². The molecule has 1 atom stereocenters. The normalized spacial score (nSPS) is 14.2. The fraction of sp³-hybridized carbons (Fsp3) is 0.208. The van der Waals surface area contributed by atoms with Crippen molar-refractivity contribution in [2.24, 2.45) is 0 Å². The number of amides is 1. The van der Waals surface area contributed by atoms with E-state index in [1.807, 2.05) is 24.3 Å². The molecule has 7 heteroatoms. The molecular weight excluding hydrogens is 394 g/mol. The molecule has 1 aliphatic rings. The Balaban J connectivity index is 1.13. The summed E-state index contributed by atoms with van der Waals surface area (Å²) < 4.78 is 11.2. The summed E-state index contributed by atoms with van der Waals surface area (Å²) in [5.74, 6) is 1.22. The van der Waals surface area contributed by atoms with Crippen molar-refractivity contribution < 1.29 is 19.4 Å². The van der Waals surface area contributed by atoms with Crippen molar-refractivity contribution in [2.45, 2.75) is 6.10 Å². The molecule has 2 heterocycles. The number of nitrogens with one attached hydrogen (secondary N) is 3. The minimum absolute atomic E-state index is 0.0175. The van der Waals surface area contributed by atoms with Crippen molar-refractivity contribution >= 4 is 33.4 Å². The Morgan fingerprint density at radius 2 is 1.94 bits per heavy atom. The van der Waals surface area contributed by atoms with Gasteiger partial charge in [0.2, 0.25) is 0 Å². The van der Waals surface area contributed by atoms with E-state index in [1.54, 1.807) is 18.2 Å². The standard InChI is InChI=1S/C24H23N3O4/c28-22(15-5-8-23-21(11-15)27-24(29)14-31-23)13-25-9-10-30-16-6-7-18-17-3-1-2-4-19(17)26-20(18)12-16/h1-8,11-12,22,25-26,28H,9-10,13-14H2,(H,27,29)/t22-/m0/s1. The molecule has 0 spiro atoms. The van der Waals surface area contributed by atoms with Gasteiger partial charge in [-0.25, -0.2) is 0 Å². The summed E-state index contributed by atoms with van der Waals surface area (Å²) in [6, 6.07) is 19.6. The third-order valence-corrected chi connectivity index (χ3v) is 5.38. The lowest BCUT2D eigenvalue weighted by atomic mass is 10.1. The Morgan fingerprint density at radius 3 is 2.87 bits per heavy atom. The van der Waals surface area contributed by atoms with E-state index >= 15 is 0 Å². The Labute approximate surface area is 179 Å². The van der Waals surface area contributed by atoms with E-state index in [0.717, 1.165) is 16.8 Å². The highest BCUT2D eigenvalue weighted by atomic mass is 16.5. The zero-order valence-corrected chi connectivity index (χ0v) is 16.9. The van der Waals surface area contributed by atoms with Crippen molar-refractivity contribution in [1.82, 2.24) is 10.3 Å². The smallest absolute Gasteiger partial charge is 0.262 e. The van der Waals surface area contributed by atoms with E-state index in [-0.39, 0.29) is 12.5 Å². The molecule has 4 aromatic rings. The zero-order valence-electron chi connectivity index (χ0n) is 16.9. The minimum Gasteiger partial charge on any atom is -0.492 e. The van der Waals surface area contributed by atoms with Crippen molar-refractivity contribution in [2.75, 3.05) is 31.6 Å². The second-order valence-corrected chi connectivity index (χ2v) is 7.54. The molecule has 1 aromatic heterocycles. The number of H-pyrrole nitrogens is 1. The number of fused-ring (bicyclic) bond motifs is 4. The summed E-state index contributed by atoms with van der Waals surface area (Å²) in [7, 11) is 0. The van der Waals surface area contributed by atoms with Gasteiger partial charge in [-0.3, -0.25) is 4.79 Å². The van der Waals surface area contributed by atoms with E-state index in [2.05, 4.69) is 33.8 Å². The molecule has 4 N–H and O–H groups in total. The molecule has 0 radical (unpaired) electrons. The lowest BCUT2D eigenvalue weighted by molar-refractivity contribution is -0.118. The van der Waals surface area contributed by atoms with Gasteiger partial charge in [0.15, 0.2) is 6.61 Å². The lowest BCUT2D eigenvalue weighted by Crippen LogP contribution is -2.27. The molecule has 5 rings (SSSR count). The van der Waals surface area contributed by atoms with Crippen LogP contribution in [0.4, 0.5) is 5.69 Å². The predicted octanol–water partition coefficient (Wildman–Crippen LogP) is 3.35. The molecule has 1 amide bonds. The van der Waals surface area contributed by atoms with Crippen LogP contribution in [0.15, 0.2) is 60.7 Å². The number of anilines is 1. The third kappa shape index (κ3) is 4.05. The van der Waals surface area contributed by atoms with E-state index in [9.17, 15) is 9.90 Å². The van der Waals surface area contributed by atoms with Gasteiger partial charge >= 0.3 is 0 Å². The van der Waals surface area contributed by atoms with Crippen LogP contribution >= 0.6 is 0 Å². The van der Waals surface area contributed by atoms with Crippen LogP contribution in [0, 0.1) is 0 Å². The molecule has 158 valence electrons. The molecule has 3 aromatic carbocycles. The van der Waals surface area contributed by atoms with Crippen LogP contribution in [0.25, 0.3) is 21.8 Å². The lowest BCUT2D eigenvalue weighted by Gasteiger charge is -2.20. The predicted molar refractivity (Wildman–Crippen MR) is 120 cm³/mol. The summed E-state index contributed by atoms with van der Waals surface area (Å²) >= 11 is 0. The maximum Gasteiger partial charge on any atom is 0.262 e. The van der Waals surface area contributed by atoms with Gasteiger partial charge in [0, 0.05) is 35.4 Å². The van der Waals surface area contributed by atoms with Gasteiger partial charge in [-0.1, -0.05) is 24.3 Å². The summed E-state index contributed by atoms with van der Waals surface area (Å²) in [6.07, 6.45) is -0.702. The van der Waals surface area contributed by atoms with Gasteiger partial charge in [0.25, 0.3) is 5.91 Å². The Kier molecular flexibility index (Phi) is 5.19. The fourth-order valence-electron chi connectivity index (χ4n) is 3.83. The van der Waals surface area contributed by atoms with Gasteiger partial charge in [0.1, 0.15) is 18.1 Å². The highest BCUT2D eigenvalue weighted by molar-refractivity contribution is 6.07. The van der Waals surface area contributed by atoms with Gasteiger partial charge in [-0.2, -0.15) is 0 Å². The molecule has 7 nitrogen and oxygen atoms in total. The number of hydrogen-bond acceptors (Lipinski definition) is 5. The first-order valence-corrected chi connectivity index (χ1v) is 10.3. The molecule has 0 saturated heterocycles. The number of ether oxygens (including phenoxy) is 2. The van der Waals surface area contributed by atoms with Crippen LogP contribution in [0.5, 0.6) is 11.5 Å². The van der Waals surface area contributed by atoms with E-state index < -0.39 is 6.10 Å². The Morgan fingerprint density at radius 1 is 1.06 bits per heavy atom. The number of para-hydroxylation sites is 1. The number of rotatable bonds is 7. The van der Waals surface area contributed by atoms with E-state index in [1.165, 1.54) is 10.8 Å². The third-order valence-electron chi connectivity index (χ3n) is 5.38. The second kappa shape index (κ2) is 8.29. The molecule has 0 aliphatic carbocycles. The average molecular weight is 417 g/mol. The number of aliphatic hydroxyl groups excluding tert-OH is 1. The maximum atomic E-state index is 11.5. The largest absolute Gasteiger partial charge is 0.492 e. The molecule has 0 bridgehead atoms. The molecule has 31 heavy (non-hydrogen) atoms. The molecule has 0 fully saturated rings. The van der Waals surface area contributed by atoms with Crippen LogP contribution in [0.3, 0.4) is 0 Å². The summed E-state index contributed by atoms with van der Waals surface area (Å²) in [4.78, 5) is 14.9. The van der Waals surface area contributed by atoms with Crippen LogP contribution in [0.1, 0.15) is 11.7 Å². The number of aromatic amines is 1. The van der Waals surface area contributed by atoms with Crippen molar-refractivity contribution in [3.63, 3.8) is 0 Å². The van der Waals surface area contributed by atoms with Crippen LogP contribution in [-0.2, 0) is 4.79 Å². The van der Waals surface area contributed by atoms with Crippen molar-refractivity contribution in [3.8, 4) is 11.5 Å². The second-order valence-electron chi connectivity index (χ2n) is 7.54. The number of carbonyl (C=O) groups is 1. The number of benzene rings is 3. The number of hydrogen-bond donors (Lipinski definition) is 4. The number of aliphatic hydroxyl groups is 1. The van der Waals surface area contributed by atoms with Crippen LogP contribution < -0.4 is 20.1 Å². The summed E-state index contributed by atoms with van der Waals surface area (Å²) in [5, 5.41) is 18.8. The van der Waals surface area contributed by atoms with E-state index in [0.29, 0.717) is 36.7 Å². The Hall–Kier alpha value is -3.55. The molecule has 0 unspecified atom stereocenters. The minimum atomic E-state index is -0.702. The first kappa shape index (κ1) is 19.4. The first-order chi connectivity index (χ1) is 15.2. The first-order valence-electron chi connectivity index (χ1n) is 10.3. The highest BCUT2D eigenvalue weighted by Gasteiger charge is 2.18. The van der Waals surface area contributed by atoms with Crippen LogP contribution in [0.2, 0.25) is 0 Å². The SMILES string of the molecule is O=C1COc2ccc([C@@H](O)CNCCOc3ccc4c(c3)[nH]c3ccccc34)cc2N1. The van der Waals surface area contributed by atoms with Gasteiger partial charge in [0.05, 0.1) is 17.3 Å². The molecule has 0 saturated carbocycles. The maximum absolute atomic E-state index is 11.5. The zero-order chi connectivity index (χ0) is 21.2. The summed E-state index contributed by atoms with van der Waals surface area (Å²) in [5.41, 5.74) is 3.45. The topological polar surface area (TPSA) is 95.6 Å². The van der Waals surface area contributed by atoms with Crippen LogP contribution in [-0.4, -0.2) is 42.3 Å². The number of carbonyl (C=O) groups excluding carboxylic acids is 1. The van der Waals surface area contributed by atoms with Crippen molar-refractivity contribution in [1.29, 1.82) is 0 Å². The average Bonchev–Trinajstić information content (AvgIpc) is 3.16. The van der Waals surface area contributed by atoms with Crippen molar-refractivity contribution in [3.05, 3.63) is 66.2 Å². The van der Waals surface area contributed by atoms with Gasteiger partial charge in [-0.15, -0.1) is 0 Å². The van der Waals surface area contributed by atoms with Gasteiger partial charge in [-0.05, 0) is 35.9 Å². The van der Waals surface area contributed by atoms with E-state index in [4.69, 9.17) is 9.47 Å². The highest BCUT2D eigenvalue weighted by Crippen LogP contribution is 2.30.